The van der Waals surface area contributed by atoms with Crippen LogP contribution in [0.4, 0.5) is 10.5 Å². The Labute approximate surface area is 80.1 Å². The van der Waals surface area contributed by atoms with Crippen LogP contribution >= 0.6 is 0 Å². The minimum atomic E-state index is -0.509. The molecule has 0 saturated heterocycles. The van der Waals surface area contributed by atoms with Crippen LogP contribution in [0.25, 0.3) is 10.9 Å². The van der Waals surface area contributed by atoms with Gasteiger partial charge in [0.05, 0.1) is 18.8 Å². The van der Waals surface area contributed by atoms with Crippen molar-refractivity contribution in [1.82, 2.24) is 9.78 Å². The van der Waals surface area contributed by atoms with Crippen molar-refractivity contribution in [3.63, 3.8) is 0 Å². The van der Waals surface area contributed by atoms with Crippen LogP contribution in [0.3, 0.4) is 0 Å². The number of rotatable bonds is 0. The van der Waals surface area contributed by atoms with E-state index in [9.17, 15) is 4.79 Å². The van der Waals surface area contributed by atoms with Gasteiger partial charge < -0.3 is 10.5 Å². The topological polar surface area (TPSA) is 70.1 Å². The number of carbonyl (C=O) groups excluding carboxylic acids is 1. The van der Waals surface area contributed by atoms with Crippen molar-refractivity contribution in [3.05, 3.63) is 24.4 Å². The molecule has 0 aliphatic carbocycles. The first-order chi connectivity index (χ1) is 6.72. The molecule has 14 heavy (non-hydrogen) atoms. The SMILES string of the molecule is COC(=O)n1ncc2cc(N)ccc21. The third-order valence-electron chi connectivity index (χ3n) is 1.94. The molecule has 72 valence electrons. The number of aromatic nitrogens is 2. The third kappa shape index (κ3) is 1.19. The van der Waals surface area contributed by atoms with E-state index < -0.39 is 6.09 Å². The normalized spacial score (nSPS) is 10.4. The lowest BCUT2D eigenvalue weighted by atomic mass is 10.2. The fourth-order valence-electron chi connectivity index (χ4n) is 1.28. The molecular formula is C9H9N3O2. The Morgan fingerprint density at radius 2 is 2.36 bits per heavy atom. The van der Waals surface area contributed by atoms with Gasteiger partial charge in [0.15, 0.2) is 0 Å². The number of methoxy groups -OCH3 is 1. The monoisotopic (exact) mass is 191 g/mol. The smallest absolute Gasteiger partial charge is 0.434 e. The molecule has 1 heterocycles. The molecule has 2 aromatic rings. The predicted molar refractivity (Wildman–Crippen MR) is 51.9 cm³/mol. The van der Waals surface area contributed by atoms with E-state index in [2.05, 4.69) is 9.84 Å². The van der Waals surface area contributed by atoms with Gasteiger partial charge in [-0.2, -0.15) is 9.78 Å². The number of nitrogens with two attached hydrogens (primary N) is 1. The van der Waals surface area contributed by atoms with Crippen molar-refractivity contribution in [3.8, 4) is 0 Å². The zero-order chi connectivity index (χ0) is 10.1. The molecule has 0 spiro atoms. The maximum absolute atomic E-state index is 11.2. The van der Waals surface area contributed by atoms with Gasteiger partial charge in [0.1, 0.15) is 0 Å². The van der Waals surface area contributed by atoms with Gasteiger partial charge in [-0.25, -0.2) is 4.79 Å². The number of anilines is 1. The van der Waals surface area contributed by atoms with E-state index in [1.807, 2.05) is 0 Å². The van der Waals surface area contributed by atoms with Gasteiger partial charge in [0.25, 0.3) is 0 Å². The Kier molecular flexibility index (Phi) is 1.85. The second-order valence-corrected chi connectivity index (χ2v) is 2.84. The molecule has 1 aromatic carbocycles. The molecule has 0 radical (unpaired) electrons. The van der Waals surface area contributed by atoms with Crippen molar-refractivity contribution in [2.75, 3.05) is 12.8 Å². The molecule has 1 aromatic heterocycles. The highest BCUT2D eigenvalue weighted by Crippen LogP contribution is 2.16. The summed E-state index contributed by atoms with van der Waals surface area (Å²) in [5.74, 6) is 0. The van der Waals surface area contributed by atoms with Crippen molar-refractivity contribution in [1.29, 1.82) is 0 Å². The van der Waals surface area contributed by atoms with E-state index in [4.69, 9.17) is 5.73 Å². The molecule has 5 heteroatoms. The van der Waals surface area contributed by atoms with Crippen LogP contribution in [-0.2, 0) is 4.74 Å². The van der Waals surface area contributed by atoms with E-state index in [1.165, 1.54) is 11.8 Å². The first kappa shape index (κ1) is 8.55. The summed E-state index contributed by atoms with van der Waals surface area (Å²) < 4.78 is 5.75. The zero-order valence-electron chi connectivity index (χ0n) is 7.60. The lowest BCUT2D eigenvalue weighted by Gasteiger charge is -1.99. The van der Waals surface area contributed by atoms with Crippen molar-refractivity contribution < 1.29 is 9.53 Å². The first-order valence-corrected chi connectivity index (χ1v) is 4.04. The summed E-state index contributed by atoms with van der Waals surface area (Å²) in [5, 5.41) is 4.71. The molecule has 2 rings (SSSR count). The average Bonchev–Trinajstić information content (AvgIpc) is 2.59. The summed E-state index contributed by atoms with van der Waals surface area (Å²) in [6.45, 7) is 0. The highest BCUT2D eigenvalue weighted by molar-refractivity contribution is 5.89. The number of nitrogen functional groups attached to an aromatic ring is 1. The summed E-state index contributed by atoms with van der Waals surface area (Å²) in [5.41, 5.74) is 6.92. The minimum Gasteiger partial charge on any atom is -0.451 e. The molecule has 0 atom stereocenters. The van der Waals surface area contributed by atoms with Crippen LogP contribution in [0.5, 0.6) is 0 Å². The number of hydrogen-bond acceptors (Lipinski definition) is 4. The van der Waals surface area contributed by atoms with Gasteiger partial charge in [-0.15, -0.1) is 0 Å². The Morgan fingerprint density at radius 1 is 1.57 bits per heavy atom. The molecule has 5 nitrogen and oxygen atoms in total. The average molecular weight is 191 g/mol. The van der Waals surface area contributed by atoms with Crippen LogP contribution in [0.1, 0.15) is 0 Å². The molecule has 0 amide bonds. The summed E-state index contributed by atoms with van der Waals surface area (Å²) in [6, 6.07) is 5.19. The van der Waals surface area contributed by atoms with E-state index in [0.29, 0.717) is 11.2 Å². The van der Waals surface area contributed by atoms with Crippen molar-refractivity contribution >= 4 is 22.7 Å². The Hall–Kier alpha value is -2.04. The molecule has 2 N–H and O–H groups in total. The molecule has 0 bridgehead atoms. The first-order valence-electron chi connectivity index (χ1n) is 4.04. The van der Waals surface area contributed by atoms with Gasteiger partial charge in [-0.1, -0.05) is 0 Å². The molecular weight excluding hydrogens is 182 g/mol. The Balaban J connectivity index is 2.64. The summed E-state index contributed by atoms with van der Waals surface area (Å²) in [4.78, 5) is 11.2. The summed E-state index contributed by atoms with van der Waals surface area (Å²) in [6.07, 6.45) is 1.06. The molecule has 0 unspecified atom stereocenters. The third-order valence-corrected chi connectivity index (χ3v) is 1.94. The largest absolute Gasteiger partial charge is 0.451 e. The highest BCUT2D eigenvalue weighted by Gasteiger charge is 2.09. The van der Waals surface area contributed by atoms with Crippen molar-refractivity contribution in [2.45, 2.75) is 0 Å². The fourth-order valence-corrected chi connectivity index (χ4v) is 1.28. The van der Waals surface area contributed by atoms with Crippen LogP contribution in [0.15, 0.2) is 24.4 Å². The van der Waals surface area contributed by atoms with E-state index >= 15 is 0 Å². The van der Waals surface area contributed by atoms with Gasteiger partial charge in [-0.05, 0) is 18.2 Å². The summed E-state index contributed by atoms with van der Waals surface area (Å²) in [7, 11) is 1.31. The Bertz CT molecular complexity index is 490. The van der Waals surface area contributed by atoms with E-state index in [1.54, 1.807) is 24.4 Å². The fraction of sp³-hybridized carbons (Fsp3) is 0.111. The molecule has 0 fully saturated rings. The number of ether oxygens (including phenoxy) is 1. The standard InChI is InChI=1S/C9H9N3O2/c1-14-9(13)12-8-3-2-7(10)4-6(8)5-11-12/h2-5H,10H2,1H3. The highest BCUT2D eigenvalue weighted by atomic mass is 16.5. The summed E-state index contributed by atoms with van der Waals surface area (Å²) >= 11 is 0. The van der Waals surface area contributed by atoms with E-state index in [0.717, 1.165) is 5.39 Å². The number of nitrogens with zero attached hydrogens (tertiary/aromatic N) is 2. The van der Waals surface area contributed by atoms with Gasteiger partial charge in [-0.3, -0.25) is 0 Å². The quantitative estimate of drug-likeness (QED) is 0.636. The minimum absolute atomic E-state index is 0.509. The van der Waals surface area contributed by atoms with Crippen LogP contribution in [-0.4, -0.2) is 23.0 Å². The second kappa shape index (κ2) is 3.02. The van der Waals surface area contributed by atoms with Gasteiger partial charge >= 0.3 is 6.09 Å². The second-order valence-electron chi connectivity index (χ2n) is 2.84. The maximum Gasteiger partial charge on any atom is 0.434 e. The Morgan fingerprint density at radius 3 is 3.07 bits per heavy atom. The lowest BCUT2D eigenvalue weighted by Crippen LogP contribution is -2.12. The molecule has 0 saturated carbocycles. The predicted octanol–water partition coefficient (Wildman–Crippen LogP) is 1.23. The number of benzene rings is 1. The maximum atomic E-state index is 11.2. The van der Waals surface area contributed by atoms with E-state index in [-0.39, 0.29) is 0 Å². The molecule has 0 aliphatic rings. The number of hydrogen-bond donors (Lipinski definition) is 1. The number of fused-ring (bicyclic) bond motifs is 1. The lowest BCUT2D eigenvalue weighted by molar-refractivity contribution is 0.170. The number of carbonyl (C=O) groups is 1. The van der Waals surface area contributed by atoms with Gasteiger partial charge in [0, 0.05) is 11.1 Å². The van der Waals surface area contributed by atoms with Crippen LogP contribution in [0, 0.1) is 0 Å². The van der Waals surface area contributed by atoms with Crippen LogP contribution in [0.2, 0.25) is 0 Å². The van der Waals surface area contributed by atoms with Crippen LogP contribution < -0.4 is 5.73 Å². The van der Waals surface area contributed by atoms with Crippen molar-refractivity contribution in [2.24, 2.45) is 0 Å². The molecule has 0 aliphatic heterocycles. The zero-order valence-corrected chi connectivity index (χ0v) is 7.60. The van der Waals surface area contributed by atoms with Gasteiger partial charge in [0.2, 0.25) is 0 Å².